The van der Waals surface area contributed by atoms with Crippen LogP contribution in [0.4, 0.5) is 0 Å². The van der Waals surface area contributed by atoms with Crippen molar-refractivity contribution in [2.75, 3.05) is 0 Å². The molecule has 1 N–H and O–H groups in total. The second kappa shape index (κ2) is 17.1. The van der Waals surface area contributed by atoms with E-state index in [0.29, 0.717) is 22.6 Å². The van der Waals surface area contributed by atoms with Crippen LogP contribution in [0.25, 0.3) is 83.9 Å². The second-order valence-electron chi connectivity index (χ2n) is 18.4. The molecule has 0 fully saturated rings. The molecular formula is C58H52N3OPt-. The maximum Gasteiger partial charge on any atom is 0.148 e. The average Bonchev–Trinajstić information content (AvgIpc) is 3.68. The minimum Gasteiger partial charge on any atom is -0.507 e. The van der Waals surface area contributed by atoms with Crippen LogP contribution >= 0.6 is 0 Å². The SMILES string of the molecule is [2H]C([2H])([2H])c1cc(-c2ccccc2)cc(-n2c(-c3cc(C(C)(C)C)cc(C(C)(C)C)c3O)nc3c(-c4[c-]c(-c5cc(-c6ccc(C)cc6)ccn5)cc(-c5ccccc5)c4)cccc32)c1.[Pt]. The van der Waals surface area contributed by atoms with Gasteiger partial charge in [-0.3, -0.25) is 9.55 Å². The van der Waals surface area contributed by atoms with E-state index in [0.717, 1.165) is 72.4 Å². The van der Waals surface area contributed by atoms with Gasteiger partial charge in [-0.1, -0.05) is 179 Å². The molecule has 0 unspecified atom stereocenters. The van der Waals surface area contributed by atoms with E-state index in [1.54, 1.807) is 12.1 Å². The Balaban J connectivity index is 0.00000592. The minimum atomic E-state index is -2.40. The molecule has 9 aromatic rings. The molecule has 0 amide bonds. The Hall–Kier alpha value is -6.35. The number of benzene rings is 7. The summed E-state index contributed by atoms with van der Waals surface area (Å²) < 4.78 is 27.9. The van der Waals surface area contributed by atoms with E-state index in [1.165, 1.54) is 5.56 Å². The zero-order valence-electron chi connectivity index (χ0n) is 39.7. The first-order chi connectivity index (χ1) is 30.9. The standard InChI is InChI=1S/C58H52N3O.Pt/c1-37-22-24-41(25-23-37)42-26-27-59-52(34-42)46-31-44(40-18-13-10-14-19-40)30-45(32-46)49-20-15-21-53-54(49)60-56(50-35-47(57(3,4)5)36-51(55(50)62)58(6,7)8)61(53)48-29-38(2)28-43(33-48)39-16-11-9-12-17-39;/h9-31,33-36,62H,1-8H3;/q-1;/i2D3;. The molecule has 7 aromatic carbocycles. The fraction of sp³-hybridized carbons (Fsp3) is 0.172. The van der Waals surface area contributed by atoms with Crippen molar-refractivity contribution < 1.29 is 30.3 Å². The summed E-state index contributed by atoms with van der Waals surface area (Å²) in [7, 11) is 0. The number of hydrogen-bond acceptors (Lipinski definition) is 3. The van der Waals surface area contributed by atoms with Crippen molar-refractivity contribution in [3.8, 4) is 78.6 Å². The molecule has 0 spiro atoms. The van der Waals surface area contributed by atoms with Crippen molar-refractivity contribution >= 4 is 11.0 Å². The maximum absolute atomic E-state index is 12.5. The third kappa shape index (κ3) is 8.70. The zero-order chi connectivity index (χ0) is 45.8. The van der Waals surface area contributed by atoms with Crippen LogP contribution < -0.4 is 0 Å². The molecule has 0 saturated heterocycles. The summed E-state index contributed by atoms with van der Waals surface area (Å²) in [6, 6.07) is 56.6. The normalized spacial score (nSPS) is 12.7. The molecule has 0 radical (unpaired) electrons. The second-order valence-corrected chi connectivity index (χ2v) is 18.4. The number of hydrogen-bond donors (Lipinski definition) is 1. The fourth-order valence-electron chi connectivity index (χ4n) is 8.26. The summed E-state index contributed by atoms with van der Waals surface area (Å²) in [5.74, 6) is 0.633. The van der Waals surface area contributed by atoms with E-state index in [9.17, 15) is 5.11 Å². The van der Waals surface area contributed by atoms with Crippen LogP contribution in [0.2, 0.25) is 0 Å². The Morgan fingerprint density at radius 1 is 0.571 bits per heavy atom. The number of pyridine rings is 1. The molecule has 63 heavy (non-hydrogen) atoms. The van der Waals surface area contributed by atoms with Crippen molar-refractivity contribution in [3.63, 3.8) is 0 Å². The summed E-state index contributed by atoms with van der Waals surface area (Å²) in [6.07, 6.45) is 1.85. The van der Waals surface area contributed by atoms with Crippen LogP contribution in [0, 0.1) is 19.8 Å². The van der Waals surface area contributed by atoms with Gasteiger partial charge < -0.3 is 5.11 Å². The molecule has 316 valence electrons. The van der Waals surface area contributed by atoms with Crippen molar-refractivity contribution in [3.05, 3.63) is 192 Å². The van der Waals surface area contributed by atoms with Crippen LogP contribution in [-0.4, -0.2) is 19.6 Å². The topological polar surface area (TPSA) is 50.9 Å². The molecule has 4 nitrogen and oxygen atoms in total. The number of aromatic hydroxyl groups is 1. The molecule has 5 heteroatoms. The van der Waals surface area contributed by atoms with Gasteiger partial charge in [0.2, 0.25) is 0 Å². The van der Waals surface area contributed by atoms with Crippen LogP contribution in [0.1, 0.15) is 67.9 Å². The van der Waals surface area contributed by atoms with E-state index in [2.05, 4.69) is 121 Å². The van der Waals surface area contributed by atoms with Crippen LogP contribution in [0.15, 0.2) is 164 Å². The van der Waals surface area contributed by atoms with Gasteiger partial charge in [0.25, 0.3) is 0 Å². The van der Waals surface area contributed by atoms with Gasteiger partial charge in [-0.15, -0.1) is 23.8 Å². The van der Waals surface area contributed by atoms with Gasteiger partial charge in [0.1, 0.15) is 11.6 Å². The number of aryl methyl sites for hydroxylation is 2. The molecule has 0 atom stereocenters. The first kappa shape index (κ1) is 39.5. The molecule has 0 saturated carbocycles. The predicted molar refractivity (Wildman–Crippen MR) is 259 cm³/mol. The first-order valence-electron chi connectivity index (χ1n) is 22.7. The Morgan fingerprint density at radius 2 is 1.22 bits per heavy atom. The number of nitrogens with zero attached hydrogens (tertiary/aromatic N) is 3. The number of fused-ring (bicyclic) bond motifs is 1. The smallest absolute Gasteiger partial charge is 0.148 e. The summed E-state index contributed by atoms with van der Waals surface area (Å²) in [5, 5.41) is 12.5. The summed E-state index contributed by atoms with van der Waals surface area (Å²) >= 11 is 0. The number of rotatable bonds is 7. The van der Waals surface area contributed by atoms with Crippen LogP contribution in [0.5, 0.6) is 5.75 Å². The van der Waals surface area contributed by atoms with Crippen molar-refractivity contribution in [1.82, 2.24) is 14.5 Å². The molecule has 0 aliphatic heterocycles. The molecule has 2 heterocycles. The number of imidazole rings is 1. The Morgan fingerprint density at radius 3 is 1.87 bits per heavy atom. The summed E-state index contributed by atoms with van der Waals surface area (Å²) in [6.45, 7) is 12.5. The average molecular weight is 1010 g/mol. The van der Waals surface area contributed by atoms with Gasteiger partial charge in [0.15, 0.2) is 0 Å². The summed E-state index contributed by atoms with van der Waals surface area (Å²) in [5.41, 5.74) is 14.3. The van der Waals surface area contributed by atoms with Gasteiger partial charge in [0.05, 0.1) is 16.6 Å². The fourth-order valence-corrected chi connectivity index (χ4v) is 8.26. The Bertz CT molecular complexity index is 3220. The largest absolute Gasteiger partial charge is 0.507 e. The number of aromatic nitrogens is 3. The Labute approximate surface area is 390 Å². The molecule has 0 aliphatic carbocycles. The molecule has 0 bridgehead atoms. The van der Waals surface area contributed by atoms with Gasteiger partial charge in [-0.2, -0.15) is 0 Å². The number of phenols is 1. The van der Waals surface area contributed by atoms with E-state index < -0.39 is 12.3 Å². The van der Waals surface area contributed by atoms with Crippen molar-refractivity contribution in [1.29, 1.82) is 0 Å². The third-order valence-corrected chi connectivity index (χ3v) is 11.7. The van der Waals surface area contributed by atoms with Gasteiger partial charge in [0, 0.05) is 48.3 Å². The first-order valence-corrected chi connectivity index (χ1v) is 21.2. The summed E-state index contributed by atoms with van der Waals surface area (Å²) in [4.78, 5) is 10.4. The molecule has 2 aromatic heterocycles. The van der Waals surface area contributed by atoms with Gasteiger partial charge in [-0.05, 0) is 93.9 Å². The third-order valence-electron chi connectivity index (χ3n) is 11.7. The van der Waals surface area contributed by atoms with Crippen LogP contribution in [0.3, 0.4) is 0 Å². The van der Waals surface area contributed by atoms with E-state index >= 15 is 0 Å². The van der Waals surface area contributed by atoms with Gasteiger partial charge >= 0.3 is 0 Å². The monoisotopic (exact) mass is 1000 g/mol. The van der Waals surface area contributed by atoms with Crippen molar-refractivity contribution in [2.24, 2.45) is 0 Å². The minimum absolute atomic E-state index is 0. The number of para-hydroxylation sites is 1. The quantitative estimate of drug-likeness (QED) is 0.162. The van der Waals surface area contributed by atoms with Crippen molar-refractivity contribution in [2.45, 2.75) is 66.1 Å². The maximum atomic E-state index is 12.5. The number of phenolic OH excluding ortho intramolecular Hbond substituents is 1. The van der Waals surface area contributed by atoms with Crippen LogP contribution in [-0.2, 0) is 31.9 Å². The van der Waals surface area contributed by atoms with E-state index in [1.807, 2.05) is 89.6 Å². The van der Waals surface area contributed by atoms with E-state index in [-0.39, 0.29) is 37.8 Å². The molecule has 0 aliphatic rings. The molecule has 9 rings (SSSR count). The zero-order valence-corrected chi connectivity index (χ0v) is 39.0. The van der Waals surface area contributed by atoms with Gasteiger partial charge in [-0.25, -0.2) is 4.98 Å². The molecular weight excluding hydrogens is 950 g/mol. The predicted octanol–water partition coefficient (Wildman–Crippen LogP) is 15.1. The van der Waals surface area contributed by atoms with E-state index in [4.69, 9.17) is 14.1 Å². The Kier molecular flexibility index (Phi) is 10.7.